The Morgan fingerprint density at radius 3 is 2.32 bits per heavy atom. The summed E-state index contributed by atoms with van der Waals surface area (Å²) in [6, 6.07) is 9.83. The van der Waals surface area contributed by atoms with Crippen LogP contribution in [0.5, 0.6) is 11.5 Å². The fraction of sp³-hybridized carbons (Fsp3) is 0.227. The second kappa shape index (κ2) is 9.09. The van der Waals surface area contributed by atoms with Gasteiger partial charge in [-0.05, 0) is 42.0 Å². The number of hydrogen-bond donors (Lipinski definition) is 1. The number of methoxy groups -OCH3 is 2. The molecular weight excluding hydrogens is 426 g/mol. The Kier molecular flexibility index (Phi) is 6.50. The number of aliphatic carboxylic acids is 1. The number of benzene rings is 2. The molecule has 31 heavy (non-hydrogen) atoms. The lowest BCUT2D eigenvalue weighted by Gasteiger charge is -2.26. The summed E-state index contributed by atoms with van der Waals surface area (Å²) in [5.41, 5.74) is 0.552. The molecule has 0 aliphatic carbocycles. The Hall–Kier alpha value is -3.52. The van der Waals surface area contributed by atoms with Gasteiger partial charge in [-0.1, -0.05) is 17.7 Å². The van der Waals surface area contributed by atoms with Crippen LogP contribution in [0.4, 0.5) is 0 Å². The van der Waals surface area contributed by atoms with Crippen LogP contribution >= 0.6 is 11.6 Å². The van der Waals surface area contributed by atoms with E-state index in [1.54, 1.807) is 18.2 Å². The molecule has 1 atom stereocenters. The van der Waals surface area contributed by atoms with Gasteiger partial charge in [-0.2, -0.15) is 0 Å². The van der Waals surface area contributed by atoms with Crippen LogP contribution in [0.3, 0.4) is 0 Å². The molecule has 1 N–H and O–H groups in total. The van der Waals surface area contributed by atoms with E-state index in [1.165, 1.54) is 38.5 Å². The molecule has 1 fully saturated rings. The number of nitrogens with zero attached hydrogens (tertiary/aromatic N) is 1. The van der Waals surface area contributed by atoms with Gasteiger partial charge in [0, 0.05) is 29.5 Å². The summed E-state index contributed by atoms with van der Waals surface area (Å²) >= 11 is 5.89. The maximum Gasteiger partial charge on any atom is 0.295 e. The van der Waals surface area contributed by atoms with E-state index in [9.17, 15) is 24.6 Å². The number of amides is 1. The number of halogens is 1. The van der Waals surface area contributed by atoms with Gasteiger partial charge >= 0.3 is 0 Å². The maximum absolute atomic E-state index is 12.8. The first kappa shape index (κ1) is 22.2. The Bertz CT molecular complexity index is 1060. The lowest BCUT2D eigenvalue weighted by Crippen LogP contribution is -2.34. The van der Waals surface area contributed by atoms with E-state index in [0.717, 1.165) is 4.90 Å². The molecule has 1 aliphatic heterocycles. The largest absolute Gasteiger partial charge is 0.550 e. The molecule has 3 rings (SSSR count). The number of carboxylic acids is 1. The van der Waals surface area contributed by atoms with Crippen molar-refractivity contribution in [2.24, 2.45) is 0 Å². The molecule has 8 nitrogen and oxygen atoms in total. The topological polar surface area (TPSA) is 116 Å². The molecule has 0 unspecified atom stereocenters. The highest BCUT2D eigenvalue weighted by molar-refractivity contribution is 6.46. The number of carbonyl (C=O) groups is 3. The Morgan fingerprint density at radius 2 is 1.74 bits per heavy atom. The van der Waals surface area contributed by atoms with Crippen LogP contribution in [0.2, 0.25) is 5.02 Å². The fourth-order valence-corrected chi connectivity index (χ4v) is 3.58. The van der Waals surface area contributed by atoms with Crippen molar-refractivity contribution < 1.29 is 34.1 Å². The molecule has 0 bridgehead atoms. The number of aliphatic hydroxyl groups excluding tert-OH is 1. The van der Waals surface area contributed by atoms with Crippen molar-refractivity contribution in [3.05, 3.63) is 64.2 Å². The van der Waals surface area contributed by atoms with Crippen LogP contribution in [-0.4, -0.2) is 48.4 Å². The van der Waals surface area contributed by atoms with Crippen molar-refractivity contribution >= 4 is 35.0 Å². The predicted octanol–water partition coefficient (Wildman–Crippen LogP) is 1.92. The van der Waals surface area contributed by atoms with Crippen LogP contribution in [0, 0.1) is 0 Å². The lowest BCUT2D eigenvalue weighted by molar-refractivity contribution is -0.305. The number of carbonyl (C=O) groups excluding carboxylic acids is 3. The Labute approximate surface area is 183 Å². The van der Waals surface area contributed by atoms with E-state index < -0.39 is 35.9 Å². The highest BCUT2D eigenvalue weighted by Gasteiger charge is 2.46. The SMILES string of the molecule is COc1ccc([C@@H]2C(=C(O)c3ccc(Cl)cc3)C(=O)C(=O)N2CCC(=O)[O-])cc1OC. The molecule has 1 heterocycles. The molecule has 1 aliphatic rings. The lowest BCUT2D eigenvalue weighted by atomic mass is 9.95. The second-order valence-electron chi connectivity index (χ2n) is 6.74. The molecular formula is C22H19ClNO7-. The number of Topliss-reactive ketones (excluding diaryl/α,β-unsaturated/α-hetero) is 1. The van der Waals surface area contributed by atoms with Gasteiger partial charge < -0.3 is 29.4 Å². The number of ketones is 1. The quantitative estimate of drug-likeness (QED) is 0.394. The predicted molar refractivity (Wildman–Crippen MR) is 110 cm³/mol. The first-order valence-corrected chi connectivity index (χ1v) is 9.62. The van der Waals surface area contributed by atoms with Crippen LogP contribution in [0.15, 0.2) is 48.0 Å². The van der Waals surface area contributed by atoms with E-state index in [2.05, 4.69) is 0 Å². The minimum absolute atomic E-state index is 0.169. The molecule has 2 aromatic carbocycles. The molecule has 0 radical (unpaired) electrons. The molecule has 9 heteroatoms. The molecule has 0 saturated carbocycles. The van der Waals surface area contributed by atoms with Crippen molar-refractivity contribution in [1.29, 1.82) is 0 Å². The van der Waals surface area contributed by atoms with Gasteiger partial charge in [0.15, 0.2) is 11.5 Å². The summed E-state index contributed by atoms with van der Waals surface area (Å²) < 4.78 is 10.5. The van der Waals surface area contributed by atoms with E-state index in [4.69, 9.17) is 21.1 Å². The number of carboxylic acid groups (broad SMARTS) is 1. The van der Waals surface area contributed by atoms with Gasteiger partial charge in [0.05, 0.1) is 25.8 Å². The Morgan fingerprint density at radius 1 is 1.10 bits per heavy atom. The smallest absolute Gasteiger partial charge is 0.295 e. The summed E-state index contributed by atoms with van der Waals surface area (Å²) in [4.78, 5) is 37.7. The molecule has 1 saturated heterocycles. The Balaban J connectivity index is 2.19. The van der Waals surface area contributed by atoms with Crippen LogP contribution in [0.1, 0.15) is 23.6 Å². The molecule has 1 amide bonds. The van der Waals surface area contributed by atoms with E-state index in [1.807, 2.05) is 0 Å². The van der Waals surface area contributed by atoms with Crippen molar-refractivity contribution in [3.8, 4) is 11.5 Å². The zero-order valence-corrected chi connectivity index (χ0v) is 17.5. The maximum atomic E-state index is 12.8. The van der Waals surface area contributed by atoms with Gasteiger partial charge in [0.2, 0.25) is 0 Å². The first-order chi connectivity index (χ1) is 14.8. The zero-order valence-electron chi connectivity index (χ0n) is 16.8. The van der Waals surface area contributed by atoms with Gasteiger partial charge in [0.25, 0.3) is 11.7 Å². The third-order valence-electron chi connectivity index (χ3n) is 4.94. The van der Waals surface area contributed by atoms with Crippen molar-refractivity contribution in [2.75, 3.05) is 20.8 Å². The number of aliphatic hydroxyl groups is 1. The van der Waals surface area contributed by atoms with Gasteiger partial charge in [-0.25, -0.2) is 0 Å². The third kappa shape index (κ3) is 4.34. The normalized spacial score (nSPS) is 17.6. The zero-order chi connectivity index (χ0) is 22.7. The van der Waals surface area contributed by atoms with E-state index in [0.29, 0.717) is 22.1 Å². The second-order valence-corrected chi connectivity index (χ2v) is 7.17. The average Bonchev–Trinajstić information content (AvgIpc) is 3.01. The van der Waals surface area contributed by atoms with Crippen molar-refractivity contribution in [3.63, 3.8) is 0 Å². The number of likely N-dealkylation sites (tertiary alicyclic amines) is 1. The summed E-state index contributed by atoms with van der Waals surface area (Å²) in [5, 5.41) is 22.3. The molecule has 2 aromatic rings. The highest BCUT2D eigenvalue weighted by atomic mass is 35.5. The number of hydrogen-bond acceptors (Lipinski definition) is 7. The summed E-state index contributed by atoms with van der Waals surface area (Å²) in [6.45, 7) is -0.274. The van der Waals surface area contributed by atoms with Crippen LogP contribution < -0.4 is 14.6 Å². The fourth-order valence-electron chi connectivity index (χ4n) is 3.46. The third-order valence-corrected chi connectivity index (χ3v) is 5.19. The summed E-state index contributed by atoms with van der Waals surface area (Å²) in [7, 11) is 2.90. The minimum atomic E-state index is -1.37. The first-order valence-electron chi connectivity index (χ1n) is 9.24. The summed E-state index contributed by atoms with van der Waals surface area (Å²) in [5.74, 6) is -2.84. The van der Waals surface area contributed by atoms with Crippen molar-refractivity contribution in [2.45, 2.75) is 12.5 Å². The highest BCUT2D eigenvalue weighted by Crippen LogP contribution is 2.42. The van der Waals surface area contributed by atoms with Gasteiger partial charge in [-0.3, -0.25) is 9.59 Å². The van der Waals surface area contributed by atoms with Gasteiger partial charge in [-0.15, -0.1) is 0 Å². The van der Waals surface area contributed by atoms with Crippen LogP contribution in [0.25, 0.3) is 5.76 Å². The minimum Gasteiger partial charge on any atom is -0.550 e. The standard InChI is InChI=1S/C22H20ClNO7/c1-30-15-8-5-13(11-16(15)31-2)19-18(20(27)12-3-6-14(23)7-4-12)21(28)22(29)24(19)10-9-17(25)26/h3-8,11,19,27H,9-10H2,1-2H3,(H,25,26)/p-1/t19-/m1/s1. The molecule has 162 valence electrons. The summed E-state index contributed by atoms with van der Waals surface area (Å²) in [6.07, 6.45) is -0.474. The average molecular weight is 445 g/mol. The molecule has 0 spiro atoms. The number of rotatable bonds is 7. The van der Waals surface area contributed by atoms with E-state index >= 15 is 0 Å². The number of ether oxygens (including phenoxy) is 2. The van der Waals surface area contributed by atoms with Crippen molar-refractivity contribution in [1.82, 2.24) is 4.90 Å². The van der Waals surface area contributed by atoms with Crippen LogP contribution in [-0.2, 0) is 14.4 Å². The monoisotopic (exact) mass is 444 g/mol. The van der Waals surface area contributed by atoms with E-state index in [-0.39, 0.29) is 17.7 Å². The molecule has 0 aromatic heterocycles. The van der Waals surface area contributed by atoms with Gasteiger partial charge in [0.1, 0.15) is 5.76 Å².